The van der Waals surface area contributed by atoms with Crippen molar-refractivity contribution < 1.29 is 9.59 Å². The maximum absolute atomic E-state index is 13.1. The fraction of sp³-hybridized carbons (Fsp3) is 0.739. The number of carbonyl (C=O) groups excluding carboxylic acids is 2. The Labute approximate surface area is 151 Å². The average molecular weight is 338 g/mol. The summed E-state index contributed by atoms with van der Waals surface area (Å²) in [5.74, 6) is 2.68. The van der Waals surface area contributed by atoms with Gasteiger partial charge in [-0.2, -0.15) is 0 Å². The zero-order chi connectivity index (χ0) is 17.4. The zero-order valence-corrected chi connectivity index (χ0v) is 15.7. The summed E-state index contributed by atoms with van der Waals surface area (Å²) in [6.45, 7) is 4.71. The van der Waals surface area contributed by atoms with E-state index in [1.165, 1.54) is 18.4 Å². The van der Waals surface area contributed by atoms with Gasteiger partial charge < -0.3 is 0 Å². The average Bonchev–Trinajstić information content (AvgIpc) is 3.40. The van der Waals surface area contributed by atoms with Crippen molar-refractivity contribution in [1.29, 1.82) is 0 Å². The minimum absolute atomic E-state index is 0.113. The van der Waals surface area contributed by atoms with Crippen LogP contribution in [0.3, 0.4) is 0 Å². The molecule has 2 nitrogen and oxygen atoms in total. The molecule has 0 unspecified atom stereocenters. The van der Waals surface area contributed by atoms with E-state index in [-0.39, 0.29) is 10.8 Å². The quantitative estimate of drug-likeness (QED) is 0.695. The summed E-state index contributed by atoms with van der Waals surface area (Å²) in [6, 6.07) is 0. The first kappa shape index (κ1) is 16.0. The highest BCUT2D eigenvalue weighted by Gasteiger charge is 2.62. The third kappa shape index (κ3) is 2.09. The summed E-state index contributed by atoms with van der Waals surface area (Å²) in [5.41, 5.74) is 4.60. The van der Waals surface area contributed by atoms with Gasteiger partial charge in [0.1, 0.15) is 11.6 Å². The molecule has 0 spiro atoms. The van der Waals surface area contributed by atoms with Crippen LogP contribution in [0.2, 0.25) is 0 Å². The van der Waals surface area contributed by atoms with Crippen LogP contribution in [-0.4, -0.2) is 11.6 Å². The number of ketones is 2. The highest BCUT2D eigenvalue weighted by molar-refractivity contribution is 5.90. The molecular weight excluding hydrogens is 308 g/mol. The third-order valence-electron chi connectivity index (χ3n) is 8.75. The van der Waals surface area contributed by atoms with Gasteiger partial charge in [-0.3, -0.25) is 9.59 Å². The van der Waals surface area contributed by atoms with Crippen LogP contribution in [-0.2, 0) is 9.59 Å². The first-order valence-corrected chi connectivity index (χ1v) is 10.4. The van der Waals surface area contributed by atoms with Gasteiger partial charge in [0.2, 0.25) is 0 Å². The highest BCUT2D eigenvalue weighted by atomic mass is 16.1. The topological polar surface area (TPSA) is 34.1 Å². The molecule has 0 bridgehead atoms. The van der Waals surface area contributed by atoms with Crippen molar-refractivity contribution in [2.24, 2.45) is 28.6 Å². The number of rotatable bonds is 2. The summed E-state index contributed by atoms with van der Waals surface area (Å²) in [5, 5.41) is 0. The standard InChI is InChI=1S/C23H30O2/c1-22-11-9-18-17-8-6-16(24)13-15(17)5-7-19(18)20(22)10-12-23(22,2)21(25)14-3-4-14/h9,14,19-20H,3-8,10-13H2,1-2H3/t19-,20+,22+,23+/m1/s1. The van der Waals surface area contributed by atoms with Gasteiger partial charge in [-0.15, -0.1) is 0 Å². The Bertz CT molecular complexity index is 722. The smallest absolute Gasteiger partial charge is 0.142 e. The van der Waals surface area contributed by atoms with E-state index >= 15 is 0 Å². The van der Waals surface area contributed by atoms with Gasteiger partial charge in [0.25, 0.3) is 0 Å². The van der Waals surface area contributed by atoms with Crippen molar-refractivity contribution in [2.75, 3.05) is 0 Å². The van der Waals surface area contributed by atoms with Gasteiger partial charge in [0.05, 0.1) is 0 Å². The van der Waals surface area contributed by atoms with Gasteiger partial charge in [0.15, 0.2) is 0 Å². The van der Waals surface area contributed by atoms with E-state index in [9.17, 15) is 9.59 Å². The molecule has 2 saturated carbocycles. The van der Waals surface area contributed by atoms with Crippen LogP contribution in [0.4, 0.5) is 0 Å². The lowest BCUT2D eigenvalue weighted by Crippen LogP contribution is -2.47. The Balaban J connectivity index is 1.52. The van der Waals surface area contributed by atoms with Crippen molar-refractivity contribution in [3.05, 3.63) is 22.8 Å². The van der Waals surface area contributed by atoms with Crippen molar-refractivity contribution >= 4 is 11.6 Å². The summed E-state index contributed by atoms with van der Waals surface area (Å²) in [7, 11) is 0. The third-order valence-corrected chi connectivity index (χ3v) is 8.75. The first-order chi connectivity index (χ1) is 11.9. The second kappa shape index (κ2) is 5.18. The molecule has 134 valence electrons. The van der Waals surface area contributed by atoms with Gasteiger partial charge in [-0.1, -0.05) is 25.5 Å². The monoisotopic (exact) mass is 338 g/mol. The number of allylic oxidation sites excluding steroid dienone is 4. The lowest BCUT2D eigenvalue weighted by atomic mass is 9.52. The van der Waals surface area contributed by atoms with E-state index in [2.05, 4.69) is 19.9 Å². The molecule has 0 amide bonds. The molecule has 0 radical (unpaired) electrons. The molecular formula is C23H30O2. The van der Waals surface area contributed by atoms with Crippen LogP contribution < -0.4 is 0 Å². The predicted molar refractivity (Wildman–Crippen MR) is 98.0 cm³/mol. The number of hydrogen-bond donors (Lipinski definition) is 0. The maximum Gasteiger partial charge on any atom is 0.142 e. The Morgan fingerprint density at radius 2 is 1.88 bits per heavy atom. The molecule has 4 atom stereocenters. The molecule has 0 aromatic heterocycles. The van der Waals surface area contributed by atoms with E-state index in [1.54, 1.807) is 11.1 Å². The van der Waals surface area contributed by atoms with E-state index < -0.39 is 0 Å². The van der Waals surface area contributed by atoms with Gasteiger partial charge in [-0.05, 0) is 79.8 Å². The minimum Gasteiger partial charge on any atom is -0.299 e. The summed E-state index contributed by atoms with van der Waals surface area (Å²) >= 11 is 0. The van der Waals surface area contributed by atoms with Gasteiger partial charge >= 0.3 is 0 Å². The lowest BCUT2D eigenvalue weighted by Gasteiger charge is -2.51. The molecule has 0 aliphatic heterocycles. The summed E-state index contributed by atoms with van der Waals surface area (Å²) in [4.78, 5) is 25.0. The van der Waals surface area contributed by atoms with Crippen LogP contribution in [0.1, 0.15) is 78.1 Å². The molecule has 5 aliphatic rings. The molecule has 0 aromatic carbocycles. The highest BCUT2D eigenvalue weighted by Crippen LogP contribution is 2.67. The number of hydrogen-bond acceptors (Lipinski definition) is 2. The molecule has 0 saturated heterocycles. The second-order valence-corrected chi connectivity index (χ2v) is 9.84. The van der Waals surface area contributed by atoms with E-state index in [0.29, 0.717) is 35.7 Å². The van der Waals surface area contributed by atoms with Crippen molar-refractivity contribution in [3.8, 4) is 0 Å². The van der Waals surface area contributed by atoms with E-state index in [0.717, 1.165) is 44.9 Å². The summed E-state index contributed by atoms with van der Waals surface area (Å²) in [6.07, 6.45) is 12.8. The first-order valence-electron chi connectivity index (χ1n) is 10.4. The largest absolute Gasteiger partial charge is 0.299 e. The SMILES string of the molecule is C[C@@]1(C(=O)C2CC2)CC[C@H]2[C@@H]3CCC4=C(CCC(=O)C4)C3=CC[C@@]21C. The van der Waals surface area contributed by atoms with Crippen LogP contribution >= 0.6 is 0 Å². The number of Topliss-reactive ketones (excluding diaryl/α,β-unsaturated/α-hetero) is 2. The fourth-order valence-corrected chi connectivity index (χ4v) is 6.87. The Morgan fingerprint density at radius 3 is 2.64 bits per heavy atom. The van der Waals surface area contributed by atoms with E-state index in [4.69, 9.17) is 0 Å². The number of fused-ring (bicyclic) bond motifs is 4. The number of carbonyl (C=O) groups is 2. The van der Waals surface area contributed by atoms with Crippen molar-refractivity contribution in [1.82, 2.24) is 0 Å². The van der Waals surface area contributed by atoms with Gasteiger partial charge in [0, 0.05) is 24.2 Å². The molecule has 0 aromatic rings. The Kier molecular flexibility index (Phi) is 3.32. The predicted octanol–water partition coefficient (Wildman–Crippen LogP) is 5.18. The molecule has 5 rings (SSSR count). The summed E-state index contributed by atoms with van der Waals surface area (Å²) < 4.78 is 0. The van der Waals surface area contributed by atoms with Crippen molar-refractivity contribution in [3.63, 3.8) is 0 Å². The molecule has 25 heavy (non-hydrogen) atoms. The van der Waals surface area contributed by atoms with Crippen LogP contribution in [0.5, 0.6) is 0 Å². The fourth-order valence-electron chi connectivity index (χ4n) is 6.87. The van der Waals surface area contributed by atoms with Crippen LogP contribution in [0.25, 0.3) is 0 Å². The Hall–Kier alpha value is -1.18. The molecule has 2 heteroatoms. The minimum atomic E-state index is -0.113. The van der Waals surface area contributed by atoms with Crippen LogP contribution in [0, 0.1) is 28.6 Å². The normalized spacial score (nSPS) is 43.3. The van der Waals surface area contributed by atoms with Crippen molar-refractivity contribution in [2.45, 2.75) is 78.1 Å². The second-order valence-electron chi connectivity index (χ2n) is 9.84. The van der Waals surface area contributed by atoms with Gasteiger partial charge in [-0.25, -0.2) is 0 Å². The molecule has 2 fully saturated rings. The molecule has 0 heterocycles. The molecule has 0 N–H and O–H groups in total. The zero-order valence-electron chi connectivity index (χ0n) is 15.7. The maximum atomic E-state index is 13.1. The Morgan fingerprint density at radius 1 is 1.08 bits per heavy atom. The lowest BCUT2D eigenvalue weighted by molar-refractivity contribution is -0.136. The van der Waals surface area contributed by atoms with Crippen LogP contribution in [0.15, 0.2) is 22.8 Å². The van der Waals surface area contributed by atoms with E-state index in [1.807, 2.05) is 0 Å². The molecule has 5 aliphatic carbocycles.